The molecule has 0 spiro atoms. The van der Waals surface area contributed by atoms with Crippen LogP contribution in [0.4, 0.5) is 0 Å². The van der Waals surface area contributed by atoms with Crippen LogP contribution in [0.25, 0.3) is 0 Å². The minimum Gasteiger partial charge on any atom is -0.480 e. The van der Waals surface area contributed by atoms with Gasteiger partial charge >= 0.3 is 13.6 Å². The number of carboxylic acids is 1. The average Bonchev–Trinajstić information content (AvgIpc) is 2.45. The van der Waals surface area contributed by atoms with E-state index >= 15 is 0 Å². The van der Waals surface area contributed by atoms with Crippen LogP contribution in [-0.2, 0) is 24.8 Å². The molecule has 0 amide bonds. The van der Waals surface area contributed by atoms with E-state index in [9.17, 15) is 14.5 Å². The topological polar surface area (TPSA) is 84.9 Å². The third kappa shape index (κ3) is 6.69. The molecule has 2 N–H and O–H groups in total. The van der Waals surface area contributed by atoms with Crippen LogP contribution in [0.2, 0.25) is 0 Å². The van der Waals surface area contributed by atoms with E-state index in [4.69, 9.17) is 21.3 Å². The lowest BCUT2D eigenvalue weighted by Crippen LogP contribution is -2.42. The number of rotatable bonds is 9. The molecule has 6 nitrogen and oxygen atoms in total. The quantitative estimate of drug-likeness (QED) is 0.505. The van der Waals surface area contributed by atoms with E-state index < -0.39 is 19.6 Å². The fourth-order valence-corrected chi connectivity index (χ4v) is 4.02. The van der Waals surface area contributed by atoms with Crippen LogP contribution in [0.15, 0.2) is 30.3 Å². The molecule has 0 saturated carbocycles. The van der Waals surface area contributed by atoms with Crippen molar-refractivity contribution in [1.29, 1.82) is 0 Å². The molecule has 0 aromatic heterocycles. The zero-order chi connectivity index (χ0) is 18.3. The Morgan fingerprint density at radius 3 is 2.08 bits per heavy atom. The second kappa shape index (κ2) is 9.28. The number of hydrogen-bond donors (Lipinski definition) is 2. The van der Waals surface area contributed by atoms with Gasteiger partial charge in [-0.15, -0.1) is 0 Å². The predicted molar refractivity (Wildman–Crippen MR) is 97.4 cm³/mol. The number of carbonyl (C=O) groups is 1. The molecule has 1 aromatic rings. The van der Waals surface area contributed by atoms with Gasteiger partial charge in [-0.25, -0.2) is 4.79 Å². The summed E-state index contributed by atoms with van der Waals surface area (Å²) in [6.07, 6.45) is -0.571. The van der Waals surface area contributed by atoms with Crippen LogP contribution in [0.5, 0.6) is 0 Å². The van der Waals surface area contributed by atoms with Crippen LogP contribution in [0.3, 0.4) is 0 Å². The van der Waals surface area contributed by atoms with Crippen molar-refractivity contribution in [3.63, 3.8) is 0 Å². The standard InChI is InChI=1S/C16H24NO5PS/c1-11(2)21-23(20,22-12(3)4)16(24)17-14(15(18)19)10-13-8-6-5-7-9-13/h5-9,11-12,14H,10H2,1-4H3,(H,17,24)(H,18,19). The monoisotopic (exact) mass is 373 g/mol. The molecule has 0 aliphatic rings. The molecule has 24 heavy (non-hydrogen) atoms. The van der Waals surface area contributed by atoms with Gasteiger partial charge in [-0.05, 0) is 33.3 Å². The van der Waals surface area contributed by atoms with Crippen LogP contribution in [0, 0.1) is 0 Å². The molecule has 1 unspecified atom stereocenters. The summed E-state index contributed by atoms with van der Waals surface area (Å²) in [6, 6.07) is 8.09. The number of nitrogens with one attached hydrogen (secondary N) is 1. The second-order valence-electron chi connectivity index (χ2n) is 5.84. The zero-order valence-electron chi connectivity index (χ0n) is 14.3. The Labute approximate surface area is 148 Å². The SMILES string of the molecule is CC(C)OP(=O)(OC(C)C)C(=S)NC(Cc1ccccc1)C(=O)O. The fourth-order valence-electron chi connectivity index (χ4n) is 1.95. The van der Waals surface area contributed by atoms with Gasteiger partial charge in [0.1, 0.15) is 6.04 Å². The second-order valence-corrected chi connectivity index (χ2v) is 8.41. The van der Waals surface area contributed by atoms with Crippen LogP contribution in [0.1, 0.15) is 33.3 Å². The Bertz CT molecular complexity index is 592. The van der Waals surface area contributed by atoms with Crippen molar-refractivity contribution in [2.45, 2.75) is 52.4 Å². The summed E-state index contributed by atoms with van der Waals surface area (Å²) < 4.78 is 23.4. The van der Waals surface area contributed by atoms with Gasteiger partial charge in [0.05, 0.1) is 12.2 Å². The molecule has 0 radical (unpaired) electrons. The lowest BCUT2D eigenvalue weighted by Gasteiger charge is -2.25. The van der Waals surface area contributed by atoms with Crippen molar-refractivity contribution >= 4 is 30.5 Å². The molecular weight excluding hydrogens is 349 g/mol. The lowest BCUT2D eigenvalue weighted by atomic mass is 10.1. The van der Waals surface area contributed by atoms with E-state index in [2.05, 4.69) is 5.32 Å². The summed E-state index contributed by atoms with van der Waals surface area (Å²) >= 11 is 5.15. The summed E-state index contributed by atoms with van der Waals surface area (Å²) in [5.41, 5.74) is 0.824. The van der Waals surface area contributed by atoms with Crippen molar-refractivity contribution < 1.29 is 23.5 Å². The minimum atomic E-state index is -3.76. The van der Waals surface area contributed by atoms with E-state index in [1.165, 1.54) is 0 Å². The highest BCUT2D eigenvalue weighted by Gasteiger charge is 2.36. The average molecular weight is 373 g/mol. The highest BCUT2D eigenvalue weighted by Crippen LogP contribution is 2.51. The first-order valence-corrected chi connectivity index (χ1v) is 9.63. The molecule has 8 heteroatoms. The van der Waals surface area contributed by atoms with Gasteiger partial charge in [-0.3, -0.25) is 4.57 Å². The molecular formula is C16H24NO5PS. The number of thiocarbonyl (C=S) groups is 1. The fraction of sp³-hybridized carbons (Fsp3) is 0.500. The smallest absolute Gasteiger partial charge is 0.388 e. The summed E-state index contributed by atoms with van der Waals surface area (Å²) in [5, 5.41) is 12.1. The third-order valence-corrected chi connectivity index (χ3v) is 5.64. The van der Waals surface area contributed by atoms with E-state index in [0.717, 1.165) is 5.56 Å². The van der Waals surface area contributed by atoms with Crippen molar-refractivity contribution in [3.05, 3.63) is 35.9 Å². The highest BCUT2D eigenvalue weighted by molar-refractivity contribution is 7.97. The molecule has 0 heterocycles. The first kappa shape index (κ1) is 20.8. The number of carboxylic acid groups (broad SMARTS) is 1. The maximum atomic E-state index is 12.9. The third-order valence-electron chi connectivity index (χ3n) is 2.83. The van der Waals surface area contributed by atoms with Gasteiger partial charge in [0.25, 0.3) is 0 Å². The van der Waals surface area contributed by atoms with Gasteiger partial charge < -0.3 is 19.5 Å². The van der Waals surface area contributed by atoms with Gasteiger partial charge in [0.15, 0.2) is 4.73 Å². The molecule has 0 aliphatic carbocycles. The van der Waals surface area contributed by atoms with E-state index in [1.807, 2.05) is 30.3 Å². The number of hydrogen-bond acceptors (Lipinski definition) is 5. The Balaban J connectivity index is 2.92. The van der Waals surface area contributed by atoms with Gasteiger partial charge in [-0.1, -0.05) is 42.5 Å². The Kier molecular flexibility index (Phi) is 8.03. The van der Waals surface area contributed by atoms with Crippen molar-refractivity contribution in [2.75, 3.05) is 0 Å². The summed E-state index contributed by atoms with van der Waals surface area (Å²) in [7, 11) is -3.76. The maximum Gasteiger partial charge on any atom is 0.388 e. The van der Waals surface area contributed by atoms with Crippen LogP contribution in [-0.4, -0.2) is 34.1 Å². The Hall–Kier alpha value is -1.27. The number of benzene rings is 1. The molecule has 0 saturated heterocycles. The van der Waals surface area contributed by atoms with Crippen LogP contribution >= 0.6 is 19.8 Å². The molecule has 1 aromatic carbocycles. The molecule has 1 rings (SSSR count). The van der Waals surface area contributed by atoms with Gasteiger partial charge in [0.2, 0.25) is 0 Å². The van der Waals surface area contributed by atoms with E-state index in [-0.39, 0.29) is 23.4 Å². The van der Waals surface area contributed by atoms with E-state index in [1.54, 1.807) is 27.7 Å². The van der Waals surface area contributed by atoms with Crippen LogP contribution < -0.4 is 5.32 Å². The van der Waals surface area contributed by atoms with Gasteiger partial charge in [-0.2, -0.15) is 0 Å². The molecule has 0 aliphatic heterocycles. The summed E-state index contributed by atoms with van der Waals surface area (Å²) in [6.45, 7) is 6.82. The first-order chi connectivity index (χ1) is 11.1. The largest absolute Gasteiger partial charge is 0.480 e. The van der Waals surface area contributed by atoms with Crippen molar-refractivity contribution in [3.8, 4) is 0 Å². The first-order valence-electron chi connectivity index (χ1n) is 7.68. The molecule has 1 atom stereocenters. The summed E-state index contributed by atoms with van der Waals surface area (Å²) in [5.74, 6) is -1.10. The van der Waals surface area contributed by atoms with E-state index in [0.29, 0.717) is 0 Å². The number of aliphatic carboxylic acids is 1. The summed E-state index contributed by atoms with van der Waals surface area (Å²) in [4.78, 5) is 11.5. The molecule has 134 valence electrons. The highest BCUT2D eigenvalue weighted by atomic mass is 32.1. The molecule has 0 bridgehead atoms. The lowest BCUT2D eigenvalue weighted by molar-refractivity contribution is -0.139. The minimum absolute atomic E-state index is 0.194. The van der Waals surface area contributed by atoms with Crippen molar-refractivity contribution in [2.24, 2.45) is 0 Å². The normalized spacial score (nSPS) is 13.1. The Morgan fingerprint density at radius 2 is 1.67 bits per heavy atom. The zero-order valence-corrected chi connectivity index (χ0v) is 16.0. The van der Waals surface area contributed by atoms with Gasteiger partial charge in [0, 0.05) is 6.42 Å². The predicted octanol–water partition coefficient (Wildman–Crippen LogP) is 3.60. The maximum absolute atomic E-state index is 12.9. The molecule has 0 fully saturated rings. The Morgan fingerprint density at radius 1 is 1.17 bits per heavy atom. The van der Waals surface area contributed by atoms with Crippen molar-refractivity contribution in [1.82, 2.24) is 5.32 Å².